The summed E-state index contributed by atoms with van der Waals surface area (Å²) >= 11 is 5.86. The van der Waals surface area contributed by atoms with Crippen molar-refractivity contribution in [3.05, 3.63) is 76.8 Å². The van der Waals surface area contributed by atoms with E-state index in [-0.39, 0.29) is 10.8 Å². The Kier molecular flexibility index (Phi) is 6.06. The molecule has 0 atom stereocenters. The molecule has 164 valence electrons. The fourth-order valence-electron chi connectivity index (χ4n) is 3.30. The first-order valence-corrected chi connectivity index (χ1v) is 13.2. The Labute approximate surface area is 182 Å². The quantitative estimate of drug-likeness (QED) is 0.266. The minimum atomic E-state index is -4.93. The molecule has 3 aromatic carbocycles. The van der Waals surface area contributed by atoms with Crippen molar-refractivity contribution in [2.45, 2.75) is 32.0 Å². The van der Waals surface area contributed by atoms with Gasteiger partial charge >= 0.3 is 12.4 Å². The largest absolute Gasteiger partial charge is 0.417 e. The van der Waals surface area contributed by atoms with Gasteiger partial charge in [0.15, 0.2) is 0 Å². The Bertz CT molecular complexity index is 1040. The maximum atomic E-state index is 13.9. The zero-order valence-corrected chi connectivity index (χ0v) is 18.7. The first-order chi connectivity index (χ1) is 14.2. The van der Waals surface area contributed by atoms with Crippen LogP contribution in [0.2, 0.25) is 24.7 Å². The molecule has 0 aliphatic heterocycles. The van der Waals surface area contributed by atoms with Gasteiger partial charge in [-0.3, -0.25) is 0 Å². The van der Waals surface area contributed by atoms with Gasteiger partial charge in [0.05, 0.1) is 19.2 Å². The number of benzene rings is 3. The van der Waals surface area contributed by atoms with Gasteiger partial charge in [-0.15, -0.1) is 0 Å². The minimum absolute atomic E-state index is 0.105. The Morgan fingerprint density at radius 3 is 1.32 bits per heavy atom. The summed E-state index contributed by atoms with van der Waals surface area (Å²) < 4.78 is 83.3. The Morgan fingerprint density at radius 1 is 0.613 bits per heavy atom. The predicted molar refractivity (Wildman–Crippen MR) is 115 cm³/mol. The minimum Gasteiger partial charge on any atom is -0.166 e. The Morgan fingerprint density at radius 2 is 0.968 bits per heavy atom. The van der Waals surface area contributed by atoms with E-state index >= 15 is 0 Å². The number of alkyl halides is 6. The highest BCUT2D eigenvalue weighted by atomic mass is 35.5. The van der Waals surface area contributed by atoms with Crippen LogP contribution in [0, 0.1) is 0 Å². The fraction of sp³-hybridized carbons (Fsp3) is 0.217. The molecule has 0 spiro atoms. The highest BCUT2D eigenvalue weighted by Crippen LogP contribution is 2.44. The van der Waals surface area contributed by atoms with Crippen LogP contribution in [0.1, 0.15) is 11.1 Å². The molecule has 31 heavy (non-hydrogen) atoms. The van der Waals surface area contributed by atoms with Gasteiger partial charge in [-0.2, -0.15) is 26.3 Å². The van der Waals surface area contributed by atoms with E-state index in [0.29, 0.717) is 10.6 Å². The number of rotatable bonds is 3. The maximum absolute atomic E-state index is 13.9. The van der Waals surface area contributed by atoms with Crippen molar-refractivity contribution in [3.8, 4) is 22.3 Å². The van der Waals surface area contributed by atoms with E-state index in [1.807, 2.05) is 0 Å². The zero-order chi connectivity index (χ0) is 23.2. The van der Waals surface area contributed by atoms with Crippen molar-refractivity contribution in [2.75, 3.05) is 0 Å². The highest BCUT2D eigenvalue weighted by molar-refractivity contribution is 6.88. The molecule has 8 heteroatoms. The van der Waals surface area contributed by atoms with Gasteiger partial charge in [0.2, 0.25) is 0 Å². The van der Waals surface area contributed by atoms with Gasteiger partial charge in [0.25, 0.3) is 0 Å². The third-order valence-electron chi connectivity index (χ3n) is 4.97. The number of halogens is 7. The van der Waals surface area contributed by atoms with Gasteiger partial charge in [-0.1, -0.05) is 85.0 Å². The molecular weight excluding hydrogens is 454 g/mol. The SMILES string of the molecule is C[Si](C)(C)c1cc(C(F)(F)F)c(-c2ccc(-c3ccc(Cl)cc3)cc2)c(C(F)(F)F)c1. The molecule has 0 bridgehead atoms. The molecule has 0 saturated heterocycles. The van der Waals surface area contributed by atoms with Crippen LogP contribution >= 0.6 is 11.6 Å². The summed E-state index contributed by atoms with van der Waals surface area (Å²) in [6, 6.07) is 14.1. The topological polar surface area (TPSA) is 0 Å². The van der Waals surface area contributed by atoms with Gasteiger partial charge in [0, 0.05) is 10.6 Å². The predicted octanol–water partition coefficient (Wildman–Crippen LogP) is 8.26. The lowest BCUT2D eigenvalue weighted by atomic mass is 9.92. The van der Waals surface area contributed by atoms with Crippen LogP contribution in [0.5, 0.6) is 0 Å². The standard InChI is InChI=1S/C23H19ClF6Si/c1-31(2,3)18-12-19(22(25,26)27)21(20(13-18)23(28,29)30)16-6-4-14(5-7-16)15-8-10-17(24)11-9-15/h4-13H,1-3H3. The fourth-order valence-corrected chi connectivity index (χ4v) is 4.59. The van der Waals surface area contributed by atoms with Crippen LogP contribution in [0.15, 0.2) is 60.7 Å². The molecule has 0 radical (unpaired) electrons. The van der Waals surface area contributed by atoms with Crippen molar-refractivity contribution in [1.82, 2.24) is 0 Å². The van der Waals surface area contributed by atoms with Crippen molar-refractivity contribution < 1.29 is 26.3 Å². The monoisotopic (exact) mass is 472 g/mol. The third kappa shape index (κ3) is 5.15. The molecule has 0 aliphatic rings. The Hall–Kier alpha value is -2.25. The first kappa shape index (κ1) is 23.4. The van der Waals surface area contributed by atoms with Crippen molar-refractivity contribution in [2.24, 2.45) is 0 Å². The first-order valence-electron chi connectivity index (χ1n) is 9.37. The second-order valence-electron chi connectivity index (χ2n) is 8.28. The van der Waals surface area contributed by atoms with E-state index in [1.54, 1.807) is 43.9 Å². The van der Waals surface area contributed by atoms with Gasteiger partial charge in [-0.05, 0) is 28.8 Å². The highest BCUT2D eigenvalue weighted by Gasteiger charge is 2.42. The summed E-state index contributed by atoms with van der Waals surface area (Å²) in [5.41, 5.74) is -2.11. The summed E-state index contributed by atoms with van der Waals surface area (Å²) in [4.78, 5) is 0. The molecule has 0 N–H and O–H groups in total. The second kappa shape index (κ2) is 8.02. The normalized spacial score (nSPS) is 12.8. The lowest BCUT2D eigenvalue weighted by Crippen LogP contribution is -2.39. The lowest BCUT2D eigenvalue weighted by molar-refractivity contribution is -0.141. The maximum Gasteiger partial charge on any atom is 0.417 e. The third-order valence-corrected chi connectivity index (χ3v) is 7.24. The van der Waals surface area contributed by atoms with Crippen LogP contribution in [0.25, 0.3) is 22.3 Å². The van der Waals surface area contributed by atoms with E-state index in [0.717, 1.165) is 17.7 Å². The van der Waals surface area contributed by atoms with E-state index < -0.39 is 37.1 Å². The summed E-state index contributed by atoms with van der Waals surface area (Å²) in [6.07, 6.45) is -9.86. The average molecular weight is 473 g/mol. The molecular formula is C23H19ClF6Si. The van der Waals surface area contributed by atoms with Crippen LogP contribution in [0.3, 0.4) is 0 Å². The molecule has 0 saturated carbocycles. The second-order valence-corrected chi connectivity index (χ2v) is 13.8. The Balaban J connectivity index is 2.25. The van der Waals surface area contributed by atoms with Gasteiger partial charge in [-0.25, -0.2) is 0 Å². The molecule has 0 unspecified atom stereocenters. The molecule has 0 fully saturated rings. The zero-order valence-electron chi connectivity index (χ0n) is 16.9. The van der Waals surface area contributed by atoms with E-state index in [4.69, 9.17) is 11.6 Å². The van der Waals surface area contributed by atoms with Crippen LogP contribution < -0.4 is 5.19 Å². The smallest absolute Gasteiger partial charge is 0.166 e. The van der Waals surface area contributed by atoms with E-state index in [2.05, 4.69) is 0 Å². The van der Waals surface area contributed by atoms with E-state index in [9.17, 15) is 26.3 Å². The van der Waals surface area contributed by atoms with E-state index in [1.165, 1.54) is 24.3 Å². The van der Waals surface area contributed by atoms with Crippen LogP contribution in [-0.4, -0.2) is 8.07 Å². The molecule has 0 aliphatic carbocycles. The molecule has 0 heterocycles. The number of hydrogen-bond acceptors (Lipinski definition) is 0. The van der Waals surface area contributed by atoms with Crippen molar-refractivity contribution in [3.63, 3.8) is 0 Å². The molecule has 3 aromatic rings. The average Bonchev–Trinajstić information content (AvgIpc) is 2.65. The summed E-state index contributed by atoms with van der Waals surface area (Å²) in [7, 11) is -2.45. The van der Waals surface area contributed by atoms with Crippen molar-refractivity contribution >= 4 is 24.9 Å². The van der Waals surface area contributed by atoms with Crippen LogP contribution in [0.4, 0.5) is 26.3 Å². The molecule has 0 amide bonds. The molecule has 0 aromatic heterocycles. The summed E-state index contributed by atoms with van der Waals surface area (Å²) in [6.45, 7) is 5.13. The summed E-state index contributed by atoms with van der Waals surface area (Å²) in [5.74, 6) is 0. The number of hydrogen-bond donors (Lipinski definition) is 0. The van der Waals surface area contributed by atoms with Crippen LogP contribution in [-0.2, 0) is 12.4 Å². The lowest BCUT2D eigenvalue weighted by Gasteiger charge is -2.25. The molecule has 3 rings (SSSR count). The summed E-state index contributed by atoms with van der Waals surface area (Å²) in [5, 5.41) is 0.626. The van der Waals surface area contributed by atoms with Gasteiger partial charge in [0.1, 0.15) is 0 Å². The molecule has 0 nitrogen and oxygen atoms in total. The van der Waals surface area contributed by atoms with Gasteiger partial charge < -0.3 is 0 Å². The van der Waals surface area contributed by atoms with Crippen molar-refractivity contribution in [1.29, 1.82) is 0 Å².